The Morgan fingerprint density at radius 2 is 2.32 bits per heavy atom. The van der Waals surface area contributed by atoms with Crippen LogP contribution in [0.1, 0.15) is 38.9 Å². The van der Waals surface area contributed by atoms with E-state index in [-0.39, 0.29) is 11.8 Å². The second kappa shape index (κ2) is 5.64. The number of hydrogen-bond acceptors (Lipinski definition) is 5. The van der Waals surface area contributed by atoms with Gasteiger partial charge in [-0.05, 0) is 43.0 Å². The molecule has 2 amide bonds. The summed E-state index contributed by atoms with van der Waals surface area (Å²) in [4.78, 5) is 22.8. The maximum Gasteiger partial charge on any atom is 0.241 e. The van der Waals surface area contributed by atoms with Gasteiger partial charge in [0, 0.05) is 13.8 Å². The fourth-order valence-electron chi connectivity index (χ4n) is 2.88. The minimum atomic E-state index is -0.545. The van der Waals surface area contributed by atoms with Gasteiger partial charge in [0.25, 0.3) is 0 Å². The number of carbonyl (C=O) groups excluding carboxylic acids is 2. The van der Waals surface area contributed by atoms with E-state index in [0.717, 1.165) is 30.6 Å². The van der Waals surface area contributed by atoms with Crippen molar-refractivity contribution in [2.75, 3.05) is 0 Å². The van der Waals surface area contributed by atoms with Crippen LogP contribution in [-0.4, -0.2) is 26.9 Å². The van der Waals surface area contributed by atoms with Crippen LogP contribution in [0.2, 0.25) is 0 Å². The molecule has 1 aromatic heterocycles. The lowest BCUT2D eigenvalue weighted by Crippen LogP contribution is -2.41. The highest BCUT2D eigenvalue weighted by Crippen LogP contribution is 2.52. The van der Waals surface area contributed by atoms with Crippen LogP contribution in [0.15, 0.2) is 33.5 Å². The van der Waals surface area contributed by atoms with Gasteiger partial charge in [0.15, 0.2) is 5.17 Å². The van der Waals surface area contributed by atoms with Gasteiger partial charge in [-0.1, -0.05) is 11.8 Å². The van der Waals surface area contributed by atoms with Crippen molar-refractivity contribution in [3.63, 3.8) is 0 Å². The van der Waals surface area contributed by atoms with Gasteiger partial charge in [-0.3, -0.25) is 9.59 Å². The molecule has 0 aromatic carbocycles. The third-order valence-corrected chi connectivity index (χ3v) is 5.06. The number of nitrogens with zero attached hydrogens (tertiary/aromatic N) is 2. The van der Waals surface area contributed by atoms with Crippen LogP contribution in [0.5, 0.6) is 0 Å². The molecule has 0 radical (unpaired) electrons. The quantitative estimate of drug-likeness (QED) is 0.863. The number of furan rings is 1. The number of rotatable bonds is 1. The molecule has 22 heavy (non-hydrogen) atoms. The van der Waals surface area contributed by atoms with Crippen molar-refractivity contribution in [2.45, 2.75) is 38.0 Å². The first-order valence-electron chi connectivity index (χ1n) is 7.12. The monoisotopic (exact) mass is 319 g/mol. The van der Waals surface area contributed by atoms with Crippen LogP contribution < -0.4 is 5.32 Å². The zero-order chi connectivity index (χ0) is 15.7. The zero-order valence-electron chi connectivity index (χ0n) is 12.5. The molecule has 3 rings (SSSR count). The molecule has 2 heterocycles. The second-order valence-electron chi connectivity index (χ2n) is 5.34. The normalized spacial score (nSPS) is 25.8. The van der Waals surface area contributed by atoms with Crippen LogP contribution in [0.3, 0.4) is 0 Å². The molecule has 1 saturated carbocycles. The van der Waals surface area contributed by atoms with Crippen molar-refractivity contribution >= 4 is 34.8 Å². The molecule has 2 aliphatic rings. The fraction of sp³-hybridized carbons (Fsp3) is 0.400. The van der Waals surface area contributed by atoms with E-state index in [0.29, 0.717) is 5.17 Å². The van der Waals surface area contributed by atoms with E-state index < -0.39 is 4.87 Å². The molecule has 1 atom stereocenters. The highest BCUT2D eigenvalue weighted by molar-refractivity contribution is 8.15. The van der Waals surface area contributed by atoms with E-state index >= 15 is 0 Å². The standard InChI is InChI=1S/C15H17N3O3S/c1-10(19)16-14-17-18(11(2)20)15(22-14)7-3-5-12(15)9-13-6-4-8-21-13/h4,6,8-9H,3,5,7H2,1-2H3,(H,16,17,19). The molecule has 1 spiro atoms. The Morgan fingerprint density at radius 1 is 1.50 bits per heavy atom. The van der Waals surface area contributed by atoms with E-state index in [9.17, 15) is 9.59 Å². The summed E-state index contributed by atoms with van der Waals surface area (Å²) in [7, 11) is 0. The van der Waals surface area contributed by atoms with E-state index in [1.54, 1.807) is 6.26 Å². The molecule has 0 bridgehead atoms. The van der Waals surface area contributed by atoms with Gasteiger partial charge in [-0.15, -0.1) is 5.10 Å². The Bertz CT molecular complexity index is 666. The Balaban J connectivity index is 1.96. The number of thioether (sulfide) groups is 1. The molecule has 1 fully saturated rings. The molecular weight excluding hydrogens is 302 g/mol. The number of amidine groups is 1. The molecule has 116 valence electrons. The summed E-state index contributed by atoms with van der Waals surface area (Å²) in [5.74, 6) is 0.426. The summed E-state index contributed by atoms with van der Waals surface area (Å²) in [6.45, 7) is 2.92. The SMILES string of the molecule is CC(=O)NC1=NN(C(C)=O)C2(CCCC2=Cc2ccco2)S1. The summed E-state index contributed by atoms with van der Waals surface area (Å²) in [5.41, 5.74) is 1.09. The number of amides is 2. The first-order valence-corrected chi connectivity index (χ1v) is 7.93. The topological polar surface area (TPSA) is 74.9 Å². The number of hydrazone groups is 1. The summed E-state index contributed by atoms with van der Waals surface area (Å²) in [6.07, 6.45) is 6.24. The number of nitrogens with one attached hydrogen (secondary N) is 1. The van der Waals surface area contributed by atoms with Gasteiger partial charge in [0.1, 0.15) is 10.6 Å². The van der Waals surface area contributed by atoms with Gasteiger partial charge in [-0.2, -0.15) is 0 Å². The maximum absolute atomic E-state index is 12.0. The lowest BCUT2D eigenvalue weighted by molar-refractivity contribution is -0.131. The first kappa shape index (κ1) is 14.9. The third-order valence-electron chi connectivity index (χ3n) is 3.70. The van der Waals surface area contributed by atoms with E-state index in [1.807, 2.05) is 18.2 Å². The molecule has 6 nitrogen and oxygen atoms in total. The molecule has 1 N–H and O–H groups in total. The van der Waals surface area contributed by atoms with Crippen molar-refractivity contribution in [3.8, 4) is 0 Å². The Labute approximate surface area is 132 Å². The predicted molar refractivity (Wildman–Crippen MR) is 84.6 cm³/mol. The van der Waals surface area contributed by atoms with Crippen molar-refractivity contribution in [1.29, 1.82) is 0 Å². The van der Waals surface area contributed by atoms with Crippen LogP contribution >= 0.6 is 11.8 Å². The van der Waals surface area contributed by atoms with Crippen molar-refractivity contribution in [1.82, 2.24) is 10.3 Å². The predicted octanol–water partition coefficient (Wildman–Crippen LogP) is 2.55. The lowest BCUT2D eigenvalue weighted by Gasteiger charge is -2.31. The van der Waals surface area contributed by atoms with Crippen LogP contribution in [0.4, 0.5) is 0 Å². The van der Waals surface area contributed by atoms with E-state index in [1.165, 1.54) is 30.6 Å². The lowest BCUT2D eigenvalue weighted by atomic mass is 10.1. The van der Waals surface area contributed by atoms with E-state index in [4.69, 9.17) is 4.42 Å². The van der Waals surface area contributed by atoms with Gasteiger partial charge in [-0.25, -0.2) is 5.01 Å². The Kier molecular flexibility index (Phi) is 3.82. The Morgan fingerprint density at radius 3 is 2.95 bits per heavy atom. The maximum atomic E-state index is 12.0. The molecule has 1 unspecified atom stereocenters. The summed E-state index contributed by atoms with van der Waals surface area (Å²) in [5, 5.41) is 8.95. The zero-order valence-corrected chi connectivity index (χ0v) is 13.3. The minimum absolute atomic E-state index is 0.139. The van der Waals surface area contributed by atoms with Crippen LogP contribution in [0, 0.1) is 0 Å². The number of carbonyl (C=O) groups is 2. The van der Waals surface area contributed by atoms with Crippen molar-refractivity contribution in [2.24, 2.45) is 5.10 Å². The summed E-state index contributed by atoms with van der Waals surface area (Å²) in [6, 6.07) is 3.71. The summed E-state index contributed by atoms with van der Waals surface area (Å²) >= 11 is 1.43. The van der Waals surface area contributed by atoms with Gasteiger partial charge >= 0.3 is 0 Å². The van der Waals surface area contributed by atoms with Crippen molar-refractivity contribution in [3.05, 3.63) is 29.7 Å². The first-order chi connectivity index (χ1) is 10.5. The molecule has 0 saturated heterocycles. The Hall–Kier alpha value is -2.02. The number of hydrogen-bond donors (Lipinski definition) is 1. The van der Waals surface area contributed by atoms with Crippen molar-refractivity contribution < 1.29 is 14.0 Å². The molecule has 1 aliphatic carbocycles. The smallest absolute Gasteiger partial charge is 0.241 e. The third kappa shape index (κ3) is 2.56. The summed E-state index contributed by atoms with van der Waals surface area (Å²) < 4.78 is 5.39. The molecule has 1 aliphatic heterocycles. The largest absolute Gasteiger partial charge is 0.465 e. The highest BCUT2D eigenvalue weighted by Gasteiger charge is 2.51. The average molecular weight is 319 g/mol. The van der Waals surface area contributed by atoms with E-state index in [2.05, 4.69) is 10.4 Å². The molecular formula is C15H17N3O3S. The average Bonchev–Trinajstić information content (AvgIpc) is 3.13. The van der Waals surface area contributed by atoms with Gasteiger partial charge in [0.2, 0.25) is 11.8 Å². The molecule has 1 aromatic rings. The van der Waals surface area contributed by atoms with Crippen LogP contribution in [0.25, 0.3) is 6.08 Å². The fourth-order valence-corrected chi connectivity index (χ4v) is 4.32. The van der Waals surface area contributed by atoms with Gasteiger partial charge in [0.05, 0.1) is 6.26 Å². The second-order valence-corrected chi connectivity index (χ2v) is 6.61. The highest BCUT2D eigenvalue weighted by atomic mass is 32.2. The minimum Gasteiger partial charge on any atom is -0.465 e. The molecule has 7 heteroatoms. The van der Waals surface area contributed by atoms with Crippen LogP contribution in [-0.2, 0) is 9.59 Å². The van der Waals surface area contributed by atoms with Gasteiger partial charge < -0.3 is 9.73 Å².